The Labute approximate surface area is 98.4 Å². The fourth-order valence-electron chi connectivity index (χ4n) is 2.52. The molecular formula is C13H24N2O. The summed E-state index contributed by atoms with van der Waals surface area (Å²) in [6.07, 6.45) is 5.59. The van der Waals surface area contributed by atoms with Crippen molar-refractivity contribution in [2.75, 3.05) is 19.6 Å². The minimum atomic E-state index is 0.262. The van der Waals surface area contributed by atoms with Gasteiger partial charge in [0.25, 0.3) is 0 Å². The molecule has 0 bridgehead atoms. The van der Waals surface area contributed by atoms with Crippen molar-refractivity contribution in [1.29, 1.82) is 0 Å². The maximum absolute atomic E-state index is 11.6. The normalized spacial score (nSPS) is 30.1. The van der Waals surface area contributed by atoms with Gasteiger partial charge in [-0.1, -0.05) is 6.92 Å². The molecule has 2 unspecified atom stereocenters. The Morgan fingerprint density at radius 1 is 1.38 bits per heavy atom. The molecule has 1 aliphatic heterocycles. The lowest BCUT2D eigenvalue weighted by molar-refractivity contribution is -0.121. The zero-order valence-corrected chi connectivity index (χ0v) is 10.3. The predicted octanol–water partition coefficient (Wildman–Crippen LogP) is 1.54. The van der Waals surface area contributed by atoms with Crippen LogP contribution in [0, 0.1) is 17.8 Å². The molecule has 1 saturated heterocycles. The molecule has 0 spiro atoms. The van der Waals surface area contributed by atoms with Crippen LogP contribution in [0.4, 0.5) is 0 Å². The monoisotopic (exact) mass is 224 g/mol. The molecule has 1 saturated carbocycles. The smallest absolute Gasteiger partial charge is 0.220 e. The van der Waals surface area contributed by atoms with E-state index in [1.165, 1.54) is 19.3 Å². The third kappa shape index (κ3) is 3.78. The van der Waals surface area contributed by atoms with Gasteiger partial charge in [-0.05, 0) is 56.5 Å². The highest BCUT2D eigenvalue weighted by Crippen LogP contribution is 2.36. The maximum atomic E-state index is 11.6. The van der Waals surface area contributed by atoms with Crippen LogP contribution in [0.15, 0.2) is 0 Å². The summed E-state index contributed by atoms with van der Waals surface area (Å²) in [4.78, 5) is 11.6. The van der Waals surface area contributed by atoms with Gasteiger partial charge in [-0.2, -0.15) is 0 Å². The summed E-state index contributed by atoms with van der Waals surface area (Å²) in [6.45, 7) is 5.43. The summed E-state index contributed by atoms with van der Waals surface area (Å²) in [5.41, 5.74) is 0. The molecule has 2 aliphatic rings. The van der Waals surface area contributed by atoms with E-state index in [2.05, 4.69) is 17.6 Å². The fraction of sp³-hybridized carbons (Fsp3) is 0.923. The quantitative estimate of drug-likeness (QED) is 0.743. The molecule has 0 aromatic carbocycles. The summed E-state index contributed by atoms with van der Waals surface area (Å²) in [6, 6.07) is 0. The summed E-state index contributed by atoms with van der Waals surface area (Å²) in [5, 5.41) is 6.42. The minimum absolute atomic E-state index is 0.262. The van der Waals surface area contributed by atoms with E-state index in [0.717, 1.165) is 50.2 Å². The van der Waals surface area contributed by atoms with Gasteiger partial charge >= 0.3 is 0 Å². The molecule has 1 aliphatic carbocycles. The number of nitrogens with one attached hydrogen (secondary N) is 2. The Morgan fingerprint density at radius 2 is 2.06 bits per heavy atom. The van der Waals surface area contributed by atoms with Crippen molar-refractivity contribution in [3.05, 3.63) is 0 Å². The van der Waals surface area contributed by atoms with Crippen molar-refractivity contribution in [3.8, 4) is 0 Å². The number of hydrogen-bond donors (Lipinski definition) is 2. The predicted molar refractivity (Wildman–Crippen MR) is 65.1 cm³/mol. The molecule has 2 rings (SSSR count). The lowest BCUT2D eigenvalue weighted by Gasteiger charge is -2.22. The average Bonchev–Trinajstić information content (AvgIpc) is 3.01. The first-order chi connectivity index (χ1) is 7.75. The van der Waals surface area contributed by atoms with Crippen LogP contribution in [0.25, 0.3) is 0 Å². The molecule has 16 heavy (non-hydrogen) atoms. The number of hydrogen-bond acceptors (Lipinski definition) is 2. The number of amides is 1. The average molecular weight is 224 g/mol. The molecule has 0 radical (unpaired) electrons. The molecule has 2 N–H and O–H groups in total. The Morgan fingerprint density at radius 3 is 2.69 bits per heavy atom. The Hall–Kier alpha value is -0.570. The van der Waals surface area contributed by atoms with E-state index in [9.17, 15) is 4.79 Å². The number of piperidine rings is 1. The second-order valence-corrected chi connectivity index (χ2v) is 5.51. The minimum Gasteiger partial charge on any atom is -0.356 e. The van der Waals surface area contributed by atoms with Crippen LogP contribution in [0.1, 0.15) is 39.0 Å². The van der Waals surface area contributed by atoms with E-state index in [1.54, 1.807) is 0 Å². The Kier molecular flexibility index (Phi) is 4.22. The largest absolute Gasteiger partial charge is 0.356 e. The van der Waals surface area contributed by atoms with Gasteiger partial charge in [-0.15, -0.1) is 0 Å². The van der Waals surface area contributed by atoms with E-state index in [-0.39, 0.29) is 5.91 Å². The van der Waals surface area contributed by atoms with Crippen molar-refractivity contribution in [2.24, 2.45) is 17.8 Å². The molecule has 0 aromatic heterocycles. The van der Waals surface area contributed by atoms with Gasteiger partial charge < -0.3 is 10.6 Å². The number of carbonyl (C=O) groups is 1. The molecule has 3 nitrogen and oxygen atoms in total. The number of carbonyl (C=O) groups excluding carboxylic acids is 1. The van der Waals surface area contributed by atoms with E-state index in [0.29, 0.717) is 0 Å². The molecule has 2 fully saturated rings. The maximum Gasteiger partial charge on any atom is 0.220 e. The standard InChI is InChI=1S/C13H24N2O/c1-10-8-12(10)9-15-13(16)3-2-11-4-6-14-7-5-11/h10-12,14H,2-9H2,1H3,(H,15,16). The lowest BCUT2D eigenvalue weighted by Crippen LogP contribution is -2.30. The van der Waals surface area contributed by atoms with Crippen LogP contribution in [0.2, 0.25) is 0 Å². The first kappa shape index (κ1) is 11.9. The van der Waals surface area contributed by atoms with Crippen molar-refractivity contribution >= 4 is 5.91 Å². The number of rotatable bonds is 5. The van der Waals surface area contributed by atoms with Gasteiger partial charge in [0, 0.05) is 13.0 Å². The molecule has 0 aromatic rings. The highest BCUT2D eigenvalue weighted by Gasteiger charge is 2.32. The second kappa shape index (κ2) is 5.67. The van der Waals surface area contributed by atoms with Crippen molar-refractivity contribution < 1.29 is 4.79 Å². The van der Waals surface area contributed by atoms with Crippen molar-refractivity contribution in [3.63, 3.8) is 0 Å². The molecule has 1 heterocycles. The van der Waals surface area contributed by atoms with E-state index in [1.807, 2.05) is 0 Å². The van der Waals surface area contributed by atoms with Crippen LogP contribution in [-0.2, 0) is 4.79 Å². The summed E-state index contributed by atoms with van der Waals surface area (Å²) >= 11 is 0. The topological polar surface area (TPSA) is 41.1 Å². The van der Waals surface area contributed by atoms with Gasteiger partial charge in [-0.25, -0.2) is 0 Å². The highest BCUT2D eigenvalue weighted by molar-refractivity contribution is 5.75. The van der Waals surface area contributed by atoms with Gasteiger partial charge in [0.05, 0.1) is 0 Å². The first-order valence-corrected chi connectivity index (χ1v) is 6.73. The Balaban J connectivity index is 1.52. The van der Waals surface area contributed by atoms with Gasteiger partial charge in [-0.3, -0.25) is 4.79 Å². The molecular weight excluding hydrogens is 200 g/mol. The molecule has 3 heteroatoms. The van der Waals surface area contributed by atoms with Gasteiger partial charge in [0.2, 0.25) is 5.91 Å². The first-order valence-electron chi connectivity index (χ1n) is 6.73. The third-order valence-corrected chi connectivity index (χ3v) is 4.08. The second-order valence-electron chi connectivity index (χ2n) is 5.51. The lowest BCUT2D eigenvalue weighted by atomic mass is 9.93. The van der Waals surface area contributed by atoms with Crippen LogP contribution in [0.3, 0.4) is 0 Å². The van der Waals surface area contributed by atoms with Crippen molar-refractivity contribution in [2.45, 2.75) is 39.0 Å². The van der Waals surface area contributed by atoms with Crippen LogP contribution >= 0.6 is 0 Å². The van der Waals surface area contributed by atoms with Crippen LogP contribution in [0.5, 0.6) is 0 Å². The van der Waals surface area contributed by atoms with Crippen molar-refractivity contribution in [1.82, 2.24) is 10.6 Å². The third-order valence-electron chi connectivity index (χ3n) is 4.08. The summed E-state index contributed by atoms with van der Waals surface area (Å²) in [7, 11) is 0. The summed E-state index contributed by atoms with van der Waals surface area (Å²) < 4.78 is 0. The van der Waals surface area contributed by atoms with E-state index in [4.69, 9.17) is 0 Å². The molecule has 2 atom stereocenters. The zero-order valence-electron chi connectivity index (χ0n) is 10.3. The Bertz CT molecular complexity index is 236. The van der Waals surface area contributed by atoms with Gasteiger partial charge in [0.15, 0.2) is 0 Å². The molecule has 1 amide bonds. The van der Waals surface area contributed by atoms with Crippen LogP contribution in [-0.4, -0.2) is 25.5 Å². The SMILES string of the molecule is CC1CC1CNC(=O)CCC1CCNCC1. The van der Waals surface area contributed by atoms with Crippen LogP contribution < -0.4 is 10.6 Å². The van der Waals surface area contributed by atoms with E-state index < -0.39 is 0 Å². The van der Waals surface area contributed by atoms with Gasteiger partial charge in [0.1, 0.15) is 0 Å². The zero-order chi connectivity index (χ0) is 11.4. The fourth-order valence-corrected chi connectivity index (χ4v) is 2.52. The summed E-state index contributed by atoms with van der Waals surface area (Å²) in [5.74, 6) is 2.64. The van der Waals surface area contributed by atoms with E-state index >= 15 is 0 Å². The molecule has 92 valence electrons. The highest BCUT2D eigenvalue weighted by atomic mass is 16.1.